The fraction of sp³-hybridized carbons (Fsp3) is 1.00. The fourth-order valence-electron chi connectivity index (χ4n) is 0.839. The van der Waals surface area contributed by atoms with Gasteiger partial charge in [-0.15, -0.1) is 0 Å². The Morgan fingerprint density at radius 3 is 2.31 bits per heavy atom. The molecule has 5 heteroatoms. The largest absolute Gasteiger partial charge is 0.411 e. The quantitative estimate of drug-likeness (QED) is 0.706. The van der Waals surface area contributed by atoms with Crippen molar-refractivity contribution < 1.29 is 17.9 Å². The summed E-state index contributed by atoms with van der Waals surface area (Å²) >= 11 is 0. The molecular weight excluding hydrogens is 183 g/mol. The summed E-state index contributed by atoms with van der Waals surface area (Å²) < 4.78 is 39.9. The first-order chi connectivity index (χ1) is 5.99. The summed E-state index contributed by atoms with van der Waals surface area (Å²) in [6, 6.07) is 0. The molecule has 0 aliphatic rings. The van der Waals surface area contributed by atoms with Crippen LogP contribution in [0.1, 0.15) is 20.3 Å². The van der Waals surface area contributed by atoms with Gasteiger partial charge in [0.15, 0.2) is 0 Å². The van der Waals surface area contributed by atoms with E-state index in [0.717, 1.165) is 6.54 Å². The van der Waals surface area contributed by atoms with Crippen molar-refractivity contribution in [1.82, 2.24) is 5.32 Å². The molecule has 1 atom stereocenters. The molecule has 0 aliphatic carbocycles. The molecule has 0 spiro atoms. The second-order valence-electron chi connectivity index (χ2n) is 2.76. The monoisotopic (exact) mass is 199 g/mol. The minimum Gasteiger partial charge on any atom is -0.367 e. The summed E-state index contributed by atoms with van der Waals surface area (Å²) in [5.74, 6) is 0. The molecule has 0 heterocycles. The van der Waals surface area contributed by atoms with Gasteiger partial charge in [-0.25, -0.2) is 0 Å². The molecular formula is C8H16F3NO. The van der Waals surface area contributed by atoms with Crippen molar-refractivity contribution in [2.45, 2.75) is 32.5 Å². The lowest BCUT2D eigenvalue weighted by atomic mass is 10.3. The maximum atomic E-state index is 11.7. The van der Waals surface area contributed by atoms with Gasteiger partial charge in [-0.05, 0) is 13.0 Å². The van der Waals surface area contributed by atoms with Crippen LogP contribution in [0, 0.1) is 0 Å². The van der Waals surface area contributed by atoms with E-state index < -0.39 is 12.8 Å². The Kier molecular flexibility index (Phi) is 6.07. The number of hydrogen-bond donors (Lipinski definition) is 1. The molecule has 1 N–H and O–H groups in total. The molecule has 0 aromatic heterocycles. The molecule has 2 nitrogen and oxygen atoms in total. The number of halogens is 3. The lowest BCUT2D eigenvalue weighted by Crippen LogP contribution is -2.31. The van der Waals surface area contributed by atoms with E-state index in [0.29, 0.717) is 13.0 Å². The van der Waals surface area contributed by atoms with Gasteiger partial charge in [0.05, 0.1) is 6.10 Å². The van der Waals surface area contributed by atoms with Gasteiger partial charge in [0, 0.05) is 6.54 Å². The second-order valence-corrected chi connectivity index (χ2v) is 2.76. The topological polar surface area (TPSA) is 21.3 Å². The summed E-state index contributed by atoms with van der Waals surface area (Å²) in [6.45, 7) is 3.76. The smallest absolute Gasteiger partial charge is 0.367 e. The summed E-state index contributed by atoms with van der Waals surface area (Å²) in [5.41, 5.74) is 0. The third kappa shape index (κ3) is 8.05. The Bertz CT molecular complexity index is 127. The molecule has 13 heavy (non-hydrogen) atoms. The number of hydrogen-bond acceptors (Lipinski definition) is 2. The Balaban J connectivity index is 3.59. The highest BCUT2D eigenvalue weighted by Crippen LogP contribution is 2.15. The van der Waals surface area contributed by atoms with Gasteiger partial charge in [-0.3, -0.25) is 0 Å². The fourth-order valence-corrected chi connectivity index (χ4v) is 0.839. The van der Waals surface area contributed by atoms with Crippen molar-refractivity contribution in [2.75, 3.05) is 19.7 Å². The molecule has 0 aliphatic heterocycles. The third-order valence-electron chi connectivity index (χ3n) is 1.56. The first-order valence-corrected chi connectivity index (χ1v) is 4.38. The van der Waals surface area contributed by atoms with Crippen molar-refractivity contribution in [3.8, 4) is 0 Å². The molecule has 1 unspecified atom stereocenters. The van der Waals surface area contributed by atoms with Gasteiger partial charge < -0.3 is 10.1 Å². The summed E-state index contributed by atoms with van der Waals surface area (Å²) in [5, 5.41) is 2.94. The van der Waals surface area contributed by atoms with Crippen LogP contribution < -0.4 is 5.32 Å². The molecule has 0 fully saturated rings. The Labute approximate surface area is 76.5 Å². The van der Waals surface area contributed by atoms with E-state index in [2.05, 4.69) is 10.1 Å². The first kappa shape index (κ1) is 12.7. The van der Waals surface area contributed by atoms with Crippen molar-refractivity contribution in [1.29, 1.82) is 0 Å². The van der Waals surface area contributed by atoms with Crippen LogP contribution in [-0.4, -0.2) is 32.0 Å². The Morgan fingerprint density at radius 2 is 1.92 bits per heavy atom. The standard InChI is InChI=1S/C8H16F3NO/c1-3-7(5-12-4-2)13-6-8(9,10)11/h7,12H,3-6H2,1-2H3. The summed E-state index contributed by atoms with van der Waals surface area (Å²) in [6.07, 6.45) is -3.98. The van der Waals surface area contributed by atoms with Crippen LogP contribution in [0.2, 0.25) is 0 Å². The third-order valence-corrected chi connectivity index (χ3v) is 1.56. The van der Waals surface area contributed by atoms with Crippen LogP contribution in [-0.2, 0) is 4.74 Å². The van der Waals surface area contributed by atoms with Crippen LogP contribution in [0.5, 0.6) is 0 Å². The summed E-state index contributed by atoms with van der Waals surface area (Å²) in [7, 11) is 0. The van der Waals surface area contributed by atoms with Gasteiger partial charge >= 0.3 is 6.18 Å². The van der Waals surface area contributed by atoms with Crippen LogP contribution in [0.3, 0.4) is 0 Å². The minimum atomic E-state index is -4.22. The predicted molar refractivity (Wildman–Crippen MR) is 44.6 cm³/mol. The zero-order valence-corrected chi connectivity index (χ0v) is 7.95. The average molecular weight is 199 g/mol. The van der Waals surface area contributed by atoms with E-state index in [1.807, 2.05) is 6.92 Å². The van der Waals surface area contributed by atoms with Crippen molar-refractivity contribution >= 4 is 0 Å². The first-order valence-electron chi connectivity index (χ1n) is 4.38. The second kappa shape index (κ2) is 6.21. The number of rotatable bonds is 6. The van der Waals surface area contributed by atoms with E-state index >= 15 is 0 Å². The minimum absolute atomic E-state index is 0.346. The van der Waals surface area contributed by atoms with Crippen LogP contribution in [0.25, 0.3) is 0 Å². The SMILES string of the molecule is CCNCC(CC)OCC(F)(F)F. The lowest BCUT2D eigenvalue weighted by Gasteiger charge is -2.17. The van der Waals surface area contributed by atoms with Crippen molar-refractivity contribution in [3.63, 3.8) is 0 Å². The molecule has 0 bridgehead atoms. The van der Waals surface area contributed by atoms with Crippen molar-refractivity contribution in [2.24, 2.45) is 0 Å². The molecule has 80 valence electrons. The molecule has 0 rings (SSSR count). The predicted octanol–water partition coefficient (Wildman–Crippen LogP) is 1.95. The van der Waals surface area contributed by atoms with Crippen LogP contribution in [0.15, 0.2) is 0 Å². The summed E-state index contributed by atoms with van der Waals surface area (Å²) in [4.78, 5) is 0. The van der Waals surface area contributed by atoms with E-state index in [-0.39, 0.29) is 6.10 Å². The highest BCUT2D eigenvalue weighted by atomic mass is 19.4. The van der Waals surface area contributed by atoms with Gasteiger partial charge in [-0.2, -0.15) is 13.2 Å². The van der Waals surface area contributed by atoms with E-state index in [9.17, 15) is 13.2 Å². The number of likely N-dealkylation sites (N-methyl/N-ethyl adjacent to an activating group) is 1. The molecule has 0 amide bonds. The number of nitrogens with one attached hydrogen (secondary N) is 1. The molecule has 0 radical (unpaired) electrons. The lowest BCUT2D eigenvalue weighted by molar-refractivity contribution is -0.185. The molecule has 0 saturated carbocycles. The zero-order chi connectivity index (χ0) is 10.3. The van der Waals surface area contributed by atoms with Gasteiger partial charge in [0.2, 0.25) is 0 Å². The Hall–Kier alpha value is -0.290. The van der Waals surface area contributed by atoms with Gasteiger partial charge in [0.25, 0.3) is 0 Å². The van der Waals surface area contributed by atoms with E-state index in [1.165, 1.54) is 0 Å². The maximum absolute atomic E-state index is 11.7. The van der Waals surface area contributed by atoms with E-state index in [4.69, 9.17) is 0 Å². The normalized spacial score (nSPS) is 14.5. The highest BCUT2D eigenvalue weighted by molar-refractivity contribution is 4.60. The Morgan fingerprint density at radius 1 is 1.31 bits per heavy atom. The number of ether oxygens (including phenoxy) is 1. The maximum Gasteiger partial charge on any atom is 0.411 e. The highest BCUT2D eigenvalue weighted by Gasteiger charge is 2.28. The van der Waals surface area contributed by atoms with Gasteiger partial charge in [-0.1, -0.05) is 13.8 Å². The van der Waals surface area contributed by atoms with Crippen LogP contribution in [0.4, 0.5) is 13.2 Å². The van der Waals surface area contributed by atoms with Gasteiger partial charge in [0.1, 0.15) is 6.61 Å². The zero-order valence-electron chi connectivity index (χ0n) is 7.95. The molecule has 0 saturated heterocycles. The van der Waals surface area contributed by atoms with Crippen molar-refractivity contribution in [3.05, 3.63) is 0 Å². The van der Waals surface area contributed by atoms with Crippen LogP contribution >= 0.6 is 0 Å². The molecule has 0 aromatic rings. The number of alkyl halides is 3. The molecule has 0 aromatic carbocycles. The van der Waals surface area contributed by atoms with E-state index in [1.54, 1.807) is 6.92 Å². The average Bonchev–Trinajstić information content (AvgIpc) is 2.03.